The average Bonchev–Trinajstić information content (AvgIpc) is 3.41. The molecule has 2 N–H and O–H groups in total. The van der Waals surface area contributed by atoms with Crippen molar-refractivity contribution >= 4 is 17.7 Å². The number of anilines is 1. The van der Waals surface area contributed by atoms with E-state index < -0.39 is 41.3 Å². The number of carbonyl (C=O) groups excluding carboxylic acids is 2. The Balaban J connectivity index is 1.64. The molecule has 1 unspecified atom stereocenters. The number of halogens is 4. The highest BCUT2D eigenvalue weighted by Gasteiger charge is 2.37. The van der Waals surface area contributed by atoms with Gasteiger partial charge in [0.25, 0.3) is 0 Å². The van der Waals surface area contributed by atoms with Crippen molar-refractivity contribution in [1.82, 2.24) is 15.1 Å². The highest BCUT2D eigenvalue weighted by atomic mass is 19.4. The van der Waals surface area contributed by atoms with Gasteiger partial charge in [-0.25, -0.2) is 9.48 Å². The summed E-state index contributed by atoms with van der Waals surface area (Å²) in [4.78, 5) is 25.3. The lowest BCUT2D eigenvalue weighted by Gasteiger charge is -2.19. The van der Waals surface area contributed by atoms with Crippen LogP contribution in [0.3, 0.4) is 0 Å². The molecule has 0 saturated heterocycles. The standard InChI is InChI=1S/C30H28F4N4O4/c1-29(2,3)42-28(41)35-18-19-9-7-14-23(15-19)38-24(17-25(36-38)30(31,32)33)27(40)37(34)22-13-8-12-21(16-22)26(39)20-10-5-4-6-11-20/h4-17,26,39H,18H2,1-3H3,(H,35,41). The Labute approximate surface area is 239 Å². The Morgan fingerprint density at radius 3 is 2.29 bits per heavy atom. The Kier molecular flexibility index (Phi) is 8.67. The molecule has 1 aromatic heterocycles. The normalized spacial score (nSPS) is 12.5. The molecule has 0 fully saturated rings. The van der Waals surface area contributed by atoms with Gasteiger partial charge in [-0.3, -0.25) is 4.79 Å². The van der Waals surface area contributed by atoms with E-state index in [2.05, 4.69) is 10.4 Å². The molecule has 0 saturated carbocycles. The maximum atomic E-state index is 15.5. The van der Waals surface area contributed by atoms with E-state index >= 15 is 4.48 Å². The zero-order valence-corrected chi connectivity index (χ0v) is 22.9. The molecule has 0 aliphatic heterocycles. The SMILES string of the molecule is CC(C)(C)OC(=O)NCc1cccc(-n2nc(C(F)(F)F)cc2C(=O)N(F)c2cccc(C(O)c3ccccc3)c2)c1. The smallest absolute Gasteiger partial charge is 0.435 e. The summed E-state index contributed by atoms with van der Waals surface area (Å²) in [5, 5.41) is 16.5. The van der Waals surface area contributed by atoms with Crippen LogP contribution < -0.4 is 10.4 Å². The Morgan fingerprint density at radius 1 is 0.952 bits per heavy atom. The number of nitrogens with one attached hydrogen (secondary N) is 1. The molecule has 4 rings (SSSR count). The van der Waals surface area contributed by atoms with Crippen LogP contribution in [0, 0.1) is 0 Å². The Bertz CT molecular complexity index is 1570. The number of aromatic nitrogens is 2. The average molecular weight is 585 g/mol. The van der Waals surface area contributed by atoms with E-state index in [0.717, 1.165) is 0 Å². The maximum Gasteiger partial charge on any atom is 0.435 e. The highest BCUT2D eigenvalue weighted by molar-refractivity contribution is 6.04. The van der Waals surface area contributed by atoms with Gasteiger partial charge in [0.1, 0.15) is 17.4 Å². The molecule has 42 heavy (non-hydrogen) atoms. The van der Waals surface area contributed by atoms with Crippen LogP contribution in [0.2, 0.25) is 0 Å². The zero-order valence-electron chi connectivity index (χ0n) is 22.9. The van der Waals surface area contributed by atoms with Crippen molar-refractivity contribution in [2.24, 2.45) is 0 Å². The lowest BCUT2D eigenvalue weighted by Crippen LogP contribution is -2.32. The molecular weight excluding hydrogens is 556 g/mol. The number of hydrogen-bond acceptors (Lipinski definition) is 5. The predicted octanol–water partition coefficient (Wildman–Crippen LogP) is 6.53. The van der Waals surface area contributed by atoms with Crippen molar-refractivity contribution in [1.29, 1.82) is 0 Å². The lowest BCUT2D eigenvalue weighted by atomic mass is 10.0. The number of ether oxygens (including phenoxy) is 1. The van der Waals surface area contributed by atoms with Crippen molar-refractivity contribution in [3.8, 4) is 5.69 Å². The fourth-order valence-corrected chi connectivity index (χ4v) is 4.02. The van der Waals surface area contributed by atoms with Gasteiger partial charge in [0.05, 0.1) is 11.4 Å². The van der Waals surface area contributed by atoms with E-state index in [4.69, 9.17) is 4.74 Å². The molecule has 4 aromatic rings. The number of alkyl carbamates (subject to hydrolysis) is 1. The molecule has 12 heteroatoms. The number of rotatable bonds is 7. The van der Waals surface area contributed by atoms with Crippen LogP contribution >= 0.6 is 0 Å². The largest absolute Gasteiger partial charge is 0.444 e. The summed E-state index contributed by atoms with van der Waals surface area (Å²) in [6.45, 7) is 5.04. The fourth-order valence-electron chi connectivity index (χ4n) is 4.02. The van der Waals surface area contributed by atoms with Crippen LogP contribution in [0.15, 0.2) is 84.9 Å². The zero-order chi connectivity index (χ0) is 30.7. The third-order valence-corrected chi connectivity index (χ3v) is 5.92. The van der Waals surface area contributed by atoms with Gasteiger partial charge >= 0.3 is 18.2 Å². The second-order valence-electron chi connectivity index (χ2n) is 10.3. The predicted molar refractivity (Wildman–Crippen MR) is 147 cm³/mol. The Hall–Kier alpha value is -4.71. The van der Waals surface area contributed by atoms with E-state index in [1.54, 1.807) is 57.2 Å². The first-order chi connectivity index (χ1) is 19.7. The van der Waals surface area contributed by atoms with Gasteiger partial charge in [0, 0.05) is 12.6 Å². The van der Waals surface area contributed by atoms with E-state index in [1.807, 2.05) is 0 Å². The maximum absolute atomic E-state index is 15.5. The Morgan fingerprint density at radius 2 is 1.62 bits per heavy atom. The summed E-state index contributed by atoms with van der Waals surface area (Å²) in [5.41, 5.74) is -1.85. The molecule has 220 valence electrons. The third-order valence-electron chi connectivity index (χ3n) is 5.92. The molecule has 3 aromatic carbocycles. The molecule has 1 atom stereocenters. The highest BCUT2D eigenvalue weighted by Crippen LogP contribution is 2.32. The number of alkyl halides is 3. The monoisotopic (exact) mass is 584 g/mol. The molecule has 0 spiro atoms. The number of amides is 2. The second-order valence-corrected chi connectivity index (χ2v) is 10.3. The van der Waals surface area contributed by atoms with Crippen molar-refractivity contribution in [3.05, 3.63) is 113 Å². The van der Waals surface area contributed by atoms with E-state index in [0.29, 0.717) is 21.9 Å². The minimum absolute atomic E-state index is 0.0268. The van der Waals surface area contributed by atoms with Crippen LogP contribution in [-0.4, -0.2) is 32.5 Å². The van der Waals surface area contributed by atoms with E-state index in [-0.39, 0.29) is 28.6 Å². The van der Waals surface area contributed by atoms with E-state index in [1.165, 1.54) is 42.5 Å². The van der Waals surface area contributed by atoms with Crippen LogP contribution in [-0.2, 0) is 17.5 Å². The van der Waals surface area contributed by atoms with Crippen molar-refractivity contribution in [3.63, 3.8) is 0 Å². The molecule has 2 amide bonds. The first-order valence-corrected chi connectivity index (χ1v) is 12.8. The first-order valence-electron chi connectivity index (χ1n) is 12.8. The minimum Gasteiger partial charge on any atom is -0.444 e. The first kappa shape index (κ1) is 30.3. The van der Waals surface area contributed by atoms with Gasteiger partial charge in [-0.2, -0.15) is 18.3 Å². The van der Waals surface area contributed by atoms with Crippen molar-refractivity contribution in [2.45, 2.75) is 45.2 Å². The fraction of sp³-hybridized carbons (Fsp3) is 0.233. The summed E-state index contributed by atoms with van der Waals surface area (Å²) in [6, 6.07) is 20.3. The van der Waals surface area contributed by atoms with Crippen LogP contribution in [0.1, 0.15) is 59.7 Å². The van der Waals surface area contributed by atoms with Gasteiger partial charge in [0.2, 0.25) is 0 Å². The van der Waals surface area contributed by atoms with Crippen molar-refractivity contribution < 1.29 is 37.1 Å². The van der Waals surface area contributed by atoms with Crippen LogP contribution in [0.25, 0.3) is 5.69 Å². The number of aliphatic hydroxyl groups is 1. The van der Waals surface area contributed by atoms with Gasteiger partial charge in [-0.1, -0.05) is 59.1 Å². The van der Waals surface area contributed by atoms with Crippen molar-refractivity contribution in [2.75, 3.05) is 5.12 Å². The van der Waals surface area contributed by atoms with Gasteiger partial charge in [-0.15, -0.1) is 5.12 Å². The second kappa shape index (κ2) is 12.0. The molecule has 0 bridgehead atoms. The number of benzene rings is 3. The molecule has 0 radical (unpaired) electrons. The summed E-state index contributed by atoms with van der Waals surface area (Å²) < 4.78 is 62.3. The van der Waals surface area contributed by atoms with Crippen LogP contribution in [0.5, 0.6) is 0 Å². The number of hydrogen-bond donors (Lipinski definition) is 2. The molecule has 8 nitrogen and oxygen atoms in total. The molecule has 0 aliphatic rings. The lowest BCUT2D eigenvalue weighted by molar-refractivity contribution is -0.141. The topological polar surface area (TPSA) is 96.7 Å². The quantitative estimate of drug-likeness (QED) is 0.190. The summed E-state index contributed by atoms with van der Waals surface area (Å²) in [7, 11) is 0. The van der Waals surface area contributed by atoms with Gasteiger partial charge in [-0.05, 0) is 61.7 Å². The number of carbonyl (C=O) groups is 2. The molecular formula is C30H28F4N4O4. The molecule has 0 aliphatic carbocycles. The summed E-state index contributed by atoms with van der Waals surface area (Å²) >= 11 is 0. The minimum atomic E-state index is -4.92. The van der Waals surface area contributed by atoms with E-state index in [9.17, 15) is 27.9 Å². The van der Waals surface area contributed by atoms with Gasteiger partial charge in [0.15, 0.2) is 5.69 Å². The molecule has 1 heterocycles. The van der Waals surface area contributed by atoms with Crippen LogP contribution in [0.4, 0.5) is 28.1 Å². The summed E-state index contributed by atoms with van der Waals surface area (Å²) in [6.07, 6.45) is -6.75. The number of nitrogens with zero attached hydrogens (tertiary/aromatic N) is 3. The van der Waals surface area contributed by atoms with Gasteiger partial charge < -0.3 is 15.2 Å². The summed E-state index contributed by atoms with van der Waals surface area (Å²) in [5.74, 6) is -1.42. The number of aliphatic hydroxyl groups excluding tert-OH is 1. The third kappa shape index (κ3) is 7.32.